The van der Waals surface area contributed by atoms with Crippen molar-refractivity contribution in [2.45, 2.75) is 44.9 Å². The van der Waals surface area contributed by atoms with Gasteiger partial charge in [-0.1, -0.05) is 37.3 Å². The van der Waals surface area contributed by atoms with E-state index in [1.807, 2.05) is 51.1 Å². The number of morpholine rings is 1. The Kier molecular flexibility index (Phi) is 5.14. The number of nitrogens with zero attached hydrogens (tertiary/aromatic N) is 1. The Morgan fingerprint density at radius 1 is 1.43 bits per heavy atom. The summed E-state index contributed by atoms with van der Waals surface area (Å²) in [5.41, 5.74) is 0.393. The lowest BCUT2D eigenvalue weighted by molar-refractivity contribution is -0.153. The van der Waals surface area contributed by atoms with E-state index in [0.29, 0.717) is 13.1 Å². The van der Waals surface area contributed by atoms with Crippen LogP contribution in [-0.4, -0.2) is 53.2 Å². The van der Waals surface area contributed by atoms with Crippen LogP contribution in [0.4, 0.5) is 0 Å². The number of hydrogen-bond acceptors (Lipinski definition) is 4. The van der Waals surface area contributed by atoms with Gasteiger partial charge in [-0.2, -0.15) is 0 Å². The average Bonchev–Trinajstić information content (AvgIpc) is 2.47. The van der Waals surface area contributed by atoms with Crippen LogP contribution < -0.4 is 0 Å². The van der Waals surface area contributed by atoms with Crippen molar-refractivity contribution in [3.05, 3.63) is 35.9 Å². The lowest BCUT2D eigenvalue weighted by Gasteiger charge is -2.45. The molecular formula is C17H25NO3. The number of rotatable bonds is 5. The molecule has 1 aromatic carbocycles. The molecule has 1 aromatic rings. The number of carbonyl (C=O) groups excluding carboxylic acids is 1. The molecule has 0 saturated carbocycles. The van der Waals surface area contributed by atoms with Crippen LogP contribution in [-0.2, 0) is 4.74 Å². The highest BCUT2D eigenvalue weighted by Gasteiger charge is 2.37. The third kappa shape index (κ3) is 3.90. The van der Waals surface area contributed by atoms with Crippen LogP contribution in [0.1, 0.15) is 37.6 Å². The predicted molar refractivity (Wildman–Crippen MR) is 82.5 cm³/mol. The zero-order valence-electron chi connectivity index (χ0n) is 13.1. The summed E-state index contributed by atoms with van der Waals surface area (Å²) in [6.45, 7) is 7.30. The highest BCUT2D eigenvalue weighted by molar-refractivity contribution is 6.00. The van der Waals surface area contributed by atoms with Crippen molar-refractivity contribution in [1.29, 1.82) is 0 Å². The standard InChI is InChI=1S/C17H25NO3/c1-4-15(16(20)13-8-6-5-7-9-13)18-10-14(11-19)21-17(2,3)12-18/h5-9,14-15,19H,4,10-12H2,1-3H3. The molecule has 4 heteroatoms. The largest absolute Gasteiger partial charge is 0.394 e. The molecular weight excluding hydrogens is 266 g/mol. The van der Waals surface area contributed by atoms with Crippen molar-refractivity contribution in [3.63, 3.8) is 0 Å². The highest BCUT2D eigenvalue weighted by atomic mass is 16.5. The maximum absolute atomic E-state index is 12.7. The smallest absolute Gasteiger partial charge is 0.179 e. The zero-order valence-corrected chi connectivity index (χ0v) is 13.1. The molecule has 1 heterocycles. The third-order valence-corrected chi connectivity index (χ3v) is 3.90. The minimum absolute atomic E-state index is 0.0180. The monoisotopic (exact) mass is 291 g/mol. The van der Waals surface area contributed by atoms with Gasteiger partial charge < -0.3 is 9.84 Å². The second kappa shape index (κ2) is 6.69. The summed E-state index contributed by atoms with van der Waals surface area (Å²) in [6, 6.07) is 9.25. The first-order chi connectivity index (χ1) is 9.96. The summed E-state index contributed by atoms with van der Waals surface area (Å²) in [5, 5.41) is 9.41. The molecule has 2 unspecified atom stereocenters. The van der Waals surface area contributed by atoms with E-state index in [4.69, 9.17) is 4.74 Å². The molecule has 0 aliphatic carbocycles. The van der Waals surface area contributed by atoms with Gasteiger partial charge >= 0.3 is 0 Å². The van der Waals surface area contributed by atoms with Gasteiger partial charge in [-0.25, -0.2) is 0 Å². The summed E-state index contributed by atoms with van der Waals surface area (Å²) in [7, 11) is 0. The topological polar surface area (TPSA) is 49.8 Å². The SMILES string of the molecule is CCC(C(=O)c1ccccc1)N1CC(CO)OC(C)(C)C1. The second-order valence-electron chi connectivity index (χ2n) is 6.27. The number of Topliss-reactive ketones (excluding diaryl/α,β-unsaturated/α-hetero) is 1. The van der Waals surface area contributed by atoms with E-state index < -0.39 is 0 Å². The van der Waals surface area contributed by atoms with E-state index >= 15 is 0 Å². The Morgan fingerprint density at radius 3 is 2.67 bits per heavy atom. The summed E-state index contributed by atoms with van der Waals surface area (Å²) in [4.78, 5) is 14.9. The third-order valence-electron chi connectivity index (χ3n) is 3.90. The first-order valence-corrected chi connectivity index (χ1v) is 7.59. The molecule has 1 aliphatic heterocycles. The van der Waals surface area contributed by atoms with E-state index in [0.717, 1.165) is 12.0 Å². The number of benzene rings is 1. The fraction of sp³-hybridized carbons (Fsp3) is 0.588. The van der Waals surface area contributed by atoms with Gasteiger partial charge in [0.05, 0.1) is 24.4 Å². The Hall–Kier alpha value is -1.23. The van der Waals surface area contributed by atoms with Crippen molar-refractivity contribution in [1.82, 2.24) is 4.90 Å². The lowest BCUT2D eigenvalue weighted by Crippen LogP contribution is -2.58. The number of hydrogen-bond donors (Lipinski definition) is 1. The average molecular weight is 291 g/mol. The van der Waals surface area contributed by atoms with Crippen molar-refractivity contribution in [2.75, 3.05) is 19.7 Å². The van der Waals surface area contributed by atoms with Crippen molar-refractivity contribution >= 4 is 5.78 Å². The Bertz CT molecular complexity index is 472. The molecule has 0 radical (unpaired) electrons. The number of aliphatic hydroxyl groups is 1. The van der Waals surface area contributed by atoms with Crippen molar-refractivity contribution in [3.8, 4) is 0 Å². The van der Waals surface area contributed by atoms with Crippen molar-refractivity contribution < 1.29 is 14.6 Å². The summed E-state index contributed by atoms with van der Waals surface area (Å²) in [5.74, 6) is 0.146. The van der Waals surface area contributed by atoms with Crippen LogP contribution in [0.25, 0.3) is 0 Å². The van der Waals surface area contributed by atoms with Crippen LogP contribution in [0.5, 0.6) is 0 Å². The first-order valence-electron chi connectivity index (χ1n) is 7.59. The normalized spacial score (nSPS) is 23.7. The molecule has 21 heavy (non-hydrogen) atoms. The fourth-order valence-electron chi connectivity index (χ4n) is 3.08. The maximum Gasteiger partial charge on any atom is 0.179 e. The van der Waals surface area contributed by atoms with Gasteiger partial charge in [0.1, 0.15) is 0 Å². The number of ketones is 1. The second-order valence-corrected chi connectivity index (χ2v) is 6.27. The summed E-state index contributed by atoms with van der Waals surface area (Å²) in [6.07, 6.45) is 0.522. The minimum Gasteiger partial charge on any atom is -0.394 e. The van der Waals surface area contributed by atoms with Gasteiger partial charge in [-0.15, -0.1) is 0 Å². The maximum atomic E-state index is 12.7. The molecule has 2 atom stereocenters. The van der Waals surface area contributed by atoms with Gasteiger partial charge in [0, 0.05) is 18.7 Å². The van der Waals surface area contributed by atoms with Crippen LogP contribution in [0, 0.1) is 0 Å². The molecule has 0 amide bonds. The number of carbonyl (C=O) groups is 1. The van der Waals surface area contributed by atoms with Gasteiger partial charge in [0.25, 0.3) is 0 Å². The molecule has 1 N–H and O–H groups in total. The quantitative estimate of drug-likeness (QED) is 0.844. The molecule has 1 saturated heterocycles. The molecule has 0 spiro atoms. The summed E-state index contributed by atoms with van der Waals surface area (Å²) < 4.78 is 5.83. The van der Waals surface area contributed by atoms with E-state index in [-0.39, 0.29) is 30.1 Å². The van der Waals surface area contributed by atoms with E-state index in [9.17, 15) is 9.90 Å². The van der Waals surface area contributed by atoms with E-state index in [2.05, 4.69) is 4.90 Å². The van der Waals surface area contributed by atoms with Gasteiger partial charge in [-0.3, -0.25) is 9.69 Å². The van der Waals surface area contributed by atoms with Crippen LogP contribution in [0.15, 0.2) is 30.3 Å². The van der Waals surface area contributed by atoms with Crippen LogP contribution >= 0.6 is 0 Å². The minimum atomic E-state index is -0.351. The molecule has 1 aliphatic rings. The zero-order chi connectivity index (χ0) is 15.5. The predicted octanol–water partition coefficient (Wildman–Crippen LogP) is 2.12. The van der Waals surface area contributed by atoms with Crippen LogP contribution in [0.2, 0.25) is 0 Å². The van der Waals surface area contributed by atoms with Gasteiger partial charge in [-0.05, 0) is 20.3 Å². The molecule has 0 aromatic heterocycles. The summed E-state index contributed by atoms with van der Waals surface area (Å²) >= 11 is 0. The van der Waals surface area contributed by atoms with Gasteiger partial charge in [0.15, 0.2) is 5.78 Å². The van der Waals surface area contributed by atoms with Crippen LogP contribution in [0.3, 0.4) is 0 Å². The Labute approximate surface area is 126 Å². The molecule has 116 valence electrons. The number of ether oxygens (including phenoxy) is 1. The molecule has 0 bridgehead atoms. The lowest BCUT2D eigenvalue weighted by atomic mass is 9.96. The molecule has 1 fully saturated rings. The van der Waals surface area contributed by atoms with Gasteiger partial charge in [0.2, 0.25) is 0 Å². The number of aliphatic hydroxyl groups excluding tert-OH is 1. The Morgan fingerprint density at radius 2 is 2.10 bits per heavy atom. The Balaban J connectivity index is 2.18. The van der Waals surface area contributed by atoms with E-state index in [1.165, 1.54) is 0 Å². The van der Waals surface area contributed by atoms with Crippen molar-refractivity contribution in [2.24, 2.45) is 0 Å². The van der Waals surface area contributed by atoms with E-state index in [1.54, 1.807) is 0 Å². The fourth-order valence-corrected chi connectivity index (χ4v) is 3.08. The highest BCUT2D eigenvalue weighted by Crippen LogP contribution is 2.24. The first kappa shape index (κ1) is 16.1. The molecule has 4 nitrogen and oxygen atoms in total. The molecule has 2 rings (SSSR count).